The first-order valence-electron chi connectivity index (χ1n) is 36.3. The number of nitrogens with one attached hydrogen (secondary N) is 1. The Morgan fingerprint density at radius 3 is 0.864 bits per heavy atom. The fraction of sp³-hybridized carbons (Fsp3) is 0.805. The lowest BCUT2D eigenvalue weighted by atomic mass is 10.0. The van der Waals surface area contributed by atoms with E-state index >= 15 is 0 Å². The summed E-state index contributed by atoms with van der Waals surface area (Å²) in [5.41, 5.74) is 0. The Morgan fingerprint density at radius 2 is 0.556 bits per heavy atom. The number of aliphatic hydroxyl groups excluding tert-OH is 2. The van der Waals surface area contributed by atoms with Gasteiger partial charge in [-0.15, -0.1) is 0 Å². The van der Waals surface area contributed by atoms with Crippen molar-refractivity contribution < 1.29 is 15.0 Å². The van der Waals surface area contributed by atoms with Crippen LogP contribution >= 0.6 is 0 Å². The lowest BCUT2D eigenvalue weighted by Crippen LogP contribution is -2.45. The van der Waals surface area contributed by atoms with Crippen molar-refractivity contribution in [1.82, 2.24) is 5.32 Å². The predicted octanol–water partition coefficient (Wildman–Crippen LogP) is 25.0. The number of hydrogen-bond donors (Lipinski definition) is 3. The molecule has 4 nitrogen and oxygen atoms in total. The first kappa shape index (κ1) is 78.6. The van der Waals surface area contributed by atoms with Crippen molar-refractivity contribution in [3.8, 4) is 0 Å². The van der Waals surface area contributed by atoms with E-state index in [0.717, 1.165) is 64.2 Å². The largest absolute Gasteiger partial charge is 0.394 e. The van der Waals surface area contributed by atoms with Gasteiger partial charge in [0.05, 0.1) is 18.8 Å². The number of amides is 1. The minimum absolute atomic E-state index is 0.0721. The molecule has 0 aromatic heterocycles. The van der Waals surface area contributed by atoms with Gasteiger partial charge in [0.1, 0.15) is 0 Å². The molecule has 0 spiro atoms. The summed E-state index contributed by atoms with van der Waals surface area (Å²) in [6.07, 6.45) is 106. The van der Waals surface area contributed by atoms with Gasteiger partial charge in [0, 0.05) is 6.42 Å². The zero-order valence-electron chi connectivity index (χ0n) is 54.6. The average Bonchev–Trinajstić information content (AvgIpc) is 3.47. The van der Waals surface area contributed by atoms with Crippen LogP contribution in [0.4, 0.5) is 0 Å². The van der Waals surface area contributed by atoms with Gasteiger partial charge in [0.25, 0.3) is 0 Å². The van der Waals surface area contributed by atoms with E-state index in [1.165, 1.54) is 295 Å². The first-order valence-corrected chi connectivity index (χ1v) is 36.3. The number of hydrogen-bond acceptors (Lipinski definition) is 3. The summed E-state index contributed by atoms with van der Waals surface area (Å²) in [5.74, 6) is -0.0721. The van der Waals surface area contributed by atoms with Crippen molar-refractivity contribution in [2.75, 3.05) is 6.61 Å². The van der Waals surface area contributed by atoms with Crippen LogP contribution in [0.3, 0.4) is 0 Å². The minimum atomic E-state index is -0.874. The molecule has 472 valence electrons. The summed E-state index contributed by atoms with van der Waals surface area (Å²) >= 11 is 0. The summed E-state index contributed by atoms with van der Waals surface area (Å²) in [6, 6.07) is -0.649. The van der Waals surface area contributed by atoms with Gasteiger partial charge in [-0.05, 0) is 83.5 Å². The summed E-state index contributed by atoms with van der Waals surface area (Å²) in [5, 5.41) is 23.3. The number of rotatable bonds is 67. The van der Waals surface area contributed by atoms with Crippen LogP contribution in [-0.2, 0) is 4.79 Å². The molecule has 0 aliphatic carbocycles. The molecule has 0 radical (unpaired) electrons. The molecule has 1 amide bonds. The number of carbonyl (C=O) groups is 1. The number of allylic oxidation sites excluding steroid dienone is 13. The summed E-state index contributed by atoms with van der Waals surface area (Å²) < 4.78 is 0. The van der Waals surface area contributed by atoms with Crippen LogP contribution in [0.15, 0.2) is 85.1 Å². The van der Waals surface area contributed by atoms with Gasteiger partial charge >= 0.3 is 0 Å². The molecule has 0 aliphatic rings. The van der Waals surface area contributed by atoms with Crippen molar-refractivity contribution in [3.63, 3.8) is 0 Å². The zero-order valence-corrected chi connectivity index (χ0v) is 54.6. The highest BCUT2D eigenvalue weighted by atomic mass is 16.3. The molecule has 0 aromatic rings. The predicted molar refractivity (Wildman–Crippen MR) is 364 cm³/mol. The van der Waals surface area contributed by atoms with Gasteiger partial charge in [0.15, 0.2) is 0 Å². The highest BCUT2D eigenvalue weighted by Gasteiger charge is 2.18. The van der Waals surface area contributed by atoms with Gasteiger partial charge in [-0.25, -0.2) is 0 Å². The normalized spacial score (nSPS) is 13.2. The van der Waals surface area contributed by atoms with Crippen LogP contribution in [0, 0.1) is 0 Å². The molecule has 0 heterocycles. The summed E-state index contributed by atoms with van der Waals surface area (Å²) in [6.45, 7) is 4.22. The van der Waals surface area contributed by atoms with E-state index in [2.05, 4.69) is 92.1 Å². The van der Waals surface area contributed by atoms with Gasteiger partial charge in [-0.1, -0.05) is 375 Å². The molecule has 0 aromatic carbocycles. The van der Waals surface area contributed by atoms with Crippen LogP contribution < -0.4 is 5.32 Å². The molecule has 0 saturated heterocycles. The van der Waals surface area contributed by atoms with Crippen molar-refractivity contribution in [3.05, 3.63) is 85.1 Å². The average molecular weight is 1130 g/mol. The van der Waals surface area contributed by atoms with Crippen LogP contribution in [-0.4, -0.2) is 34.9 Å². The molecule has 2 unspecified atom stereocenters. The molecule has 3 N–H and O–H groups in total. The summed E-state index contributed by atoms with van der Waals surface area (Å²) in [7, 11) is 0. The molecule has 0 aliphatic heterocycles. The van der Waals surface area contributed by atoms with Gasteiger partial charge in [-0.2, -0.15) is 0 Å². The van der Waals surface area contributed by atoms with E-state index in [0.29, 0.717) is 6.42 Å². The van der Waals surface area contributed by atoms with E-state index in [1.807, 2.05) is 6.08 Å². The second kappa shape index (κ2) is 71.8. The van der Waals surface area contributed by atoms with Crippen LogP contribution in [0.5, 0.6) is 0 Å². The minimum Gasteiger partial charge on any atom is -0.394 e. The van der Waals surface area contributed by atoms with E-state index in [-0.39, 0.29) is 12.5 Å². The second-order valence-corrected chi connectivity index (χ2v) is 24.6. The molecule has 81 heavy (non-hydrogen) atoms. The SMILES string of the molecule is CC/C=C\C/C=C\C/C=C\C/C=C\CCCCCCCCCCCCCCCCCCCCCCCCCCCCC(=O)NC(CO)C(O)/C=C/CC/C=C/CC/C=C/CCCCCCCCCCCCCCCCCCCCCC. The van der Waals surface area contributed by atoms with E-state index < -0.39 is 12.1 Å². The molecule has 0 fully saturated rings. The smallest absolute Gasteiger partial charge is 0.220 e. The van der Waals surface area contributed by atoms with Crippen molar-refractivity contribution in [1.29, 1.82) is 0 Å². The number of carbonyl (C=O) groups excluding carboxylic acids is 1. The Balaban J connectivity index is 3.46. The maximum Gasteiger partial charge on any atom is 0.220 e. The van der Waals surface area contributed by atoms with Crippen molar-refractivity contribution in [2.45, 2.75) is 392 Å². The topological polar surface area (TPSA) is 69.6 Å². The fourth-order valence-corrected chi connectivity index (χ4v) is 11.1. The second-order valence-electron chi connectivity index (χ2n) is 24.6. The standard InChI is InChI=1S/C77H141NO3/c1-3-5-7-9-11-13-15-17-19-21-23-25-27-29-31-33-35-36-37-38-39-40-41-42-43-45-47-49-51-53-55-57-59-61-63-65-67-69-71-73-77(81)78-75(74-79)76(80)72-70-68-66-64-62-60-58-56-54-52-50-48-46-44-34-32-30-28-26-24-22-20-18-16-14-12-10-8-6-4-2/h5,7,11,13,17,19,23,25,54,56,62,64,70,72,75-76,79-80H,3-4,6,8-10,12,14-16,18,20-22,24,26-53,55,57-61,63,65-69,71,73-74H2,1-2H3,(H,78,81)/b7-5-,13-11-,19-17-,25-23-,56-54+,64-62+,72-70+. The first-order chi connectivity index (χ1) is 40.2. The van der Waals surface area contributed by atoms with Gasteiger partial charge < -0.3 is 15.5 Å². The monoisotopic (exact) mass is 1130 g/mol. The summed E-state index contributed by atoms with van der Waals surface area (Å²) in [4.78, 5) is 12.5. The maximum absolute atomic E-state index is 12.5. The third-order valence-corrected chi connectivity index (χ3v) is 16.6. The third-order valence-electron chi connectivity index (χ3n) is 16.6. The van der Waals surface area contributed by atoms with Crippen LogP contribution in [0.1, 0.15) is 380 Å². The maximum atomic E-state index is 12.5. The zero-order chi connectivity index (χ0) is 58.4. The Morgan fingerprint density at radius 1 is 0.309 bits per heavy atom. The van der Waals surface area contributed by atoms with E-state index in [1.54, 1.807) is 6.08 Å². The lowest BCUT2D eigenvalue weighted by Gasteiger charge is -2.19. The van der Waals surface area contributed by atoms with Crippen molar-refractivity contribution >= 4 is 5.91 Å². The Bertz CT molecular complexity index is 1420. The van der Waals surface area contributed by atoms with Crippen LogP contribution in [0.2, 0.25) is 0 Å². The molecule has 0 rings (SSSR count). The quantitative estimate of drug-likeness (QED) is 0.0420. The van der Waals surface area contributed by atoms with E-state index in [4.69, 9.17) is 0 Å². The molecular formula is C77H141NO3. The highest BCUT2D eigenvalue weighted by molar-refractivity contribution is 5.76. The molecule has 2 atom stereocenters. The van der Waals surface area contributed by atoms with Crippen LogP contribution in [0.25, 0.3) is 0 Å². The Kier molecular flexibility index (Phi) is 69.7. The van der Waals surface area contributed by atoms with Gasteiger partial charge in [0.2, 0.25) is 5.91 Å². The molecule has 0 saturated carbocycles. The Labute approximate surface area is 507 Å². The number of unbranched alkanes of at least 4 members (excludes halogenated alkanes) is 48. The molecular weight excluding hydrogens is 987 g/mol. The molecule has 0 bridgehead atoms. The van der Waals surface area contributed by atoms with Crippen molar-refractivity contribution in [2.24, 2.45) is 0 Å². The number of aliphatic hydroxyl groups is 2. The highest BCUT2D eigenvalue weighted by Crippen LogP contribution is 2.19. The fourth-order valence-electron chi connectivity index (χ4n) is 11.1. The lowest BCUT2D eigenvalue weighted by molar-refractivity contribution is -0.123. The van der Waals surface area contributed by atoms with E-state index in [9.17, 15) is 15.0 Å². The van der Waals surface area contributed by atoms with Gasteiger partial charge in [-0.3, -0.25) is 4.79 Å². The third kappa shape index (κ3) is 68.2. The Hall–Kier alpha value is -2.43. The molecule has 4 heteroatoms.